The summed E-state index contributed by atoms with van der Waals surface area (Å²) in [6, 6.07) is 20.0. The van der Waals surface area contributed by atoms with Crippen molar-refractivity contribution in [3.05, 3.63) is 83.4 Å². The van der Waals surface area contributed by atoms with Gasteiger partial charge in [-0.05, 0) is 54.7 Å². The highest BCUT2D eigenvalue weighted by Crippen LogP contribution is 2.34. The lowest BCUT2D eigenvalue weighted by Crippen LogP contribution is -2.45. The molecular formula is C30H33N5O4. The van der Waals surface area contributed by atoms with Crippen LogP contribution in [-0.4, -0.2) is 45.0 Å². The van der Waals surface area contributed by atoms with Gasteiger partial charge in [-0.3, -0.25) is 9.59 Å². The molecule has 202 valence electrons. The first-order chi connectivity index (χ1) is 18.9. The van der Waals surface area contributed by atoms with Crippen LogP contribution in [0.2, 0.25) is 0 Å². The van der Waals surface area contributed by atoms with Gasteiger partial charge in [0.2, 0.25) is 18.6 Å². The number of rotatable bonds is 10. The van der Waals surface area contributed by atoms with Crippen molar-refractivity contribution in [3.8, 4) is 11.5 Å². The summed E-state index contributed by atoms with van der Waals surface area (Å²) >= 11 is 0. The van der Waals surface area contributed by atoms with Gasteiger partial charge in [0.15, 0.2) is 11.5 Å². The van der Waals surface area contributed by atoms with E-state index in [9.17, 15) is 9.59 Å². The molecule has 1 aliphatic rings. The van der Waals surface area contributed by atoms with Crippen LogP contribution in [0.15, 0.2) is 66.7 Å². The highest BCUT2D eigenvalue weighted by Gasteiger charge is 2.32. The Morgan fingerprint density at radius 1 is 1.03 bits per heavy atom. The highest BCUT2D eigenvalue weighted by molar-refractivity contribution is 5.89. The van der Waals surface area contributed by atoms with Crippen LogP contribution in [0, 0.1) is 12.8 Å². The molecule has 1 unspecified atom stereocenters. The lowest BCUT2D eigenvalue weighted by atomic mass is 10.0. The van der Waals surface area contributed by atoms with E-state index < -0.39 is 6.04 Å². The van der Waals surface area contributed by atoms with E-state index in [0.717, 1.165) is 28.6 Å². The Labute approximate surface area is 227 Å². The van der Waals surface area contributed by atoms with E-state index in [0.29, 0.717) is 29.5 Å². The van der Waals surface area contributed by atoms with Gasteiger partial charge in [-0.2, -0.15) is 0 Å². The second-order valence-electron chi connectivity index (χ2n) is 10.2. The number of nitrogens with zero attached hydrogens (tertiary/aromatic N) is 4. The van der Waals surface area contributed by atoms with Gasteiger partial charge in [0, 0.05) is 13.1 Å². The van der Waals surface area contributed by atoms with Crippen molar-refractivity contribution < 1.29 is 19.1 Å². The minimum atomic E-state index is -0.842. The Kier molecular flexibility index (Phi) is 7.76. The van der Waals surface area contributed by atoms with Crippen LogP contribution in [0.5, 0.6) is 11.5 Å². The van der Waals surface area contributed by atoms with Gasteiger partial charge in [-0.25, -0.2) is 4.68 Å². The summed E-state index contributed by atoms with van der Waals surface area (Å²) in [6.07, 6.45) is 0.841. The number of hydrogen-bond donors (Lipinski definition) is 1. The molecule has 0 saturated carbocycles. The minimum absolute atomic E-state index is 0.0628. The Balaban J connectivity index is 1.51. The number of carbonyl (C=O) groups excluding carboxylic acids is 2. The third-order valence-corrected chi connectivity index (χ3v) is 6.79. The number of benzene rings is 3. The van der Waals surface area contributed by atoms with Gasteiger partial charge in [-0.1, -0.05) is 67.1 Å². The summed E-state index contributed by atoms with van der Waals surface area (Å²) in [6.45, 7) is 7.03. The zero-order valence-corrected chi connectivity index (χ0v) is 22.5. The molecule has 0 fully saturated rings. The van der Waals surface area contributed by atoms with Gasteiger partial charge >= 0.3 is 0 Å². The molecule has 9 heteroatoms. The average Bonchev–Trinajstić information content (AvgIpc) is 3.56. The van der Waals surface area contributed by atoms with Gasteiger partial charge in [0.05, 0.1) is 5.52 Å². The van der Waals surface area contributed by atoms with Crippen LogP contribution in [0.1, 0.15) is 43.0 Å². The molecule has 2 amide bonds. The molecule has 1 aliphatic heterocycles. The van der Waals surface area contributed by atoms with Crippen LogP contribution in [0.25, 0.3) is 11.0 Å². The van der Waals surface area contributed by atoms with Crippen LogP contribution in [0.4, 0.5) is 0 Å². The summed E-state index contributed by atoms with van der Waals surface area (Å²) in [7, 11) is 0. The summed E-state index contributed by atoms with van der Waals surface area (Å²) in [5.74, 6) is 1.24. The molecule has 2 heterocycles. The van der Waals surface area contributed by atoms with Gasteiger partial charge in [0.1, 0.15) is 18.1 Å². The maximum atomic E-state index is 14.1. The second-order valence-corrected chi connectivity index (χ2v) is 10.2. The van der Waals surface area contributed by atoms with Crippen molar-refractivity contribution in [1.29, 1.82) is 0 Å². The number of para-hydroxylation sites is 1. The first-order valence-corrected chi connectivity index (χ1v) is 13.2. The Morgan fingerprint density at radius 2 is 1.79 bits per heavy atom. The normalized spacial score (nSPS) is 13.0. The highest BCUT2D eigenvalue weighted by atomic mass is 16.7. The van der Waals surface area contributed by atoms with Crippen LogP contribution < -0.4 is 14.8 Å². The van der Waals surface area contributed by atoms with E-state index in [4.69, 9.17) is 9.47 Å². The van der Waals surface area contributed by atoms with Crippen molar-refractivity contribution >= 4 is 22.8 Å². The summed E-state index contributed by atoms with van der Waals surface area (Å²) < 4.78 is 12.6. The van der Waals surface area contributed by atoms with E-state index >= 15 is 0 Å². The lowest BCUT2D eigenvalue weighted by molar-refractivity contribution is -0.142. The first-order valence-electron chi connectivity index (χ1n) is 13.2. The molecule has 1 atom stereocenters. The van der Waals surface area contributed by atoms with Crippen molar-refractivity contribution in [2.75, 3.05) is 13.3 Å². The van der Waals surface area contributed by atoms with Crippen LogP contribution in [0.3, 0.4) is 0 Å². The number of ether oxygens (including phenoxy) is 2. The lowest BCUT2D eigenvalue weighted by Gasteiger charge is -2.32. The molecular weight excluding hydrogens is 494 g/mol. The topological polar surface area (TPSA) is 98.6 Å². The fourth-order valence-electron chi connectivity index (χ4n) is 4.61. The van der Waals surface area contributed by atoms with Gasteiger partial charge < -0.3 is 19.7 Å². The standard InChI is InChI=1S/C30H33N5O4/c1-20(2)14-15-31-30(37)29(23-11-8-21(3)9-12-23)34(17-22-10-13-26-27(16-22)39-19-38-26)28(36)18-35-25-7-5-4-6-24(25)32-33-35/h4-13,16,20,29H,14-15,17-19H2,1-3H3,(H,31,37). The Hall–Kier alpha value is -4.40. The summed E-state index contributed by atoms with van der Waals surface area (Å²) in [4.78, 5) is 29.4. The maximum absolute atomic E-state index is 14.1. The zero-order valence-electron chi connectivity index (χ0n) is 22.5. The largest absolute Gasteiger partial charge is 0.454 e. The van der Waals surface area contributed by atoms with Crippen molar-refractivity contribution in [2.45, 2.75) is 46.3 Å². The number of nitrogens with one attached hydrogen (secondary N) is 1. The average molecular weight is 528 g/mol. The summed E-state index contributed by atoms with van der Waals surface area (Å²) in [5, 5.41) is 11.5. The number of aromatic nitrogens is 3. The van der Waals surface area contributed by atoms with E-state index in [2.05, 4.69) is 29.5 Å². The maximum Gasteiger partial charge on any atom is 0.247 e. The predicted octanol–water partition coefficient (Wildman–Crippen LogP) is 4.40. The minimum Gasteiger partial charge on any atom is -0.454 e. The molecule has 9 nitrogen and oxygen atoms in total. The zero-order chi connectivity index (χ0) is 27.4. The van der Waals surface area contributed by atoms with E-state index in [1.165, 1.54) is 0 Å². The third-order valence-electron chi connectivity index (χ3n) is 6.79. The summed E-state index contributed by atoms with van der Waals surface area (Å²) in [5.41, 5.74) is 4.08. The van der Waals surface area contributed by atoms with Crippen molar-refractivity contribution in [3.63, 3.8) is 0 Å². The molecule has 4 aromatic rings. The van der Waals surface area contributed by atoms with E-state index in [-0.39, 0.29) is 31.7 Å². The monoisotopic (exact) mass is 527 g/mol. The van der Waals surface area contributed by atoms with Crippen molar-refractivity contribution in [1.82, 2.24) is 25.2 Å². The molecule has 39 heavy (non-hydrogen) atoms. The van der Waals surface area contributed by atoms with Gasteiger partial charge in [0.25, 0.3) is 0 Å². The fraction of sp³-hybridized carbons (Fsp3) is 0.333. The van der Waals surface area contributed by atoms with Crippen LogP contribution >= 0.6 is 0 Å². The first kappa shape index (κ1) is 26.2. The molecule has 1 aromatic heterocycles. The smallest absolute Gasteiger partial charge is 0.247 e. The molecule has 0 saturated heterocycles. The number of hydrogen-bond acceptors (Lipinski definition) is 6. The molecule has 0 spiro atoms. The quantitative estimate of drug-likeness (QED) is 0.328. The van der Waals surface area contributed by atoms with Crippen LogP contribution in [-0.2, 0) is 22.7 Å². The van der Waals surface area contributed by atoms with Gasteiger partial charge in [-0.15, -0.1) is 5.10 Å². The third kappa shape index (κ3) is 6.03. The molecule has 0 bridgehead atoms. The Morgan fingerprint density at radius 3 is 2.59 bits per heavy atom. The molecule has 3 aromatic carbocycles. The number of fused-ring (bicyclic) bond motifs is 2. The molecule has 0 aliphatic carbocycles. The number of aryl methyl sites for hydroxylation is 1. The van der Waals surface area contributed by atoms with E-state index in [1.807, 2.05) is 73.7 Å². The Bertz CT molecular complexity index is 1460. The fourth-order valence-corrected chi connectivity index (χ4v) is 4.61. The number of amides is 2. The number of carbonyl (C=O) groups is 2. The molecule has 1 N–H and O–H groups in total. The van der Waals surface area contributed by atoms with E-state index in [1.54, 1.807) is 9.58 Å². The van der Waals surface area contributed by atoms with Crippen molar-refractivity contribution in [2.24, 2.45) is 5.92 Å². The second kappa shape index (κ2) is 11.6. The predicted molar refractivity (Wildman–Crippen MR) is 147 cm³/mol. The SMILES string of the molecule is Cc1ccc(C(C(=O)NCCC(C)C)N(Cc2ccc3c(c2)OCO3)C(=O)Cn2nnc3ccccc32)cc1. The molecule has 0 radical (unpaired) electrons. The molecule has 5 rings (SSSR count).